The van der Waals surface area contributed by atoms with Crippen LogP contribution in [0.3, 0.4) is 0 Å². The number of rotatable bonds is 6. The predicted octanol–water partition coefficient (Wildman–Crippen LogP) is 1.81. The summed E-state index contributed by atoms with van der Waals surface area (Å²) in [6.07, 6.45) is 0. The molecule has 0 unspecified atom stereocenters. The standard InChI is InChI=1S/C16H14N6O2/c17-9-13(15(18)19)22-21-12-3-1-2-4-14(12)24-11-7-5-10(6-8-11)16(20)23/h1-8,21H,(H3,18,19)(H2,20,23)/b22-13+. The van der Waals surface area contributed by atoms with Crippen LogP contribution in [-0.4, -0.2) is 17.5 Å². The van der Waals surface area contributed by atoms with E-state index >= 15 is 0 Å². The van der Waals surface area contributed by atoms with Crippen molar-refractivity contribution in [2.75, 3.05) is 5.43 Å². The monoisotopic (exact) mass is 322 g/mol. The molecule has 6 N–H and O–H groups in total. The van der Waals surface area contributed by atoms with Gasteiger partial charge in [0.2, 0.25) is 11.6 Å². The first-order chi connectivity index (χ1) is 11.5. The van der Waals surface area contributed by atoms with E-state index in [1.54, 1.807) is 54.6 Å². The molecule has 0 radical (unpaired) electrons. The summed E-state index contributed by atoms with van der Waals surface area (Å²) < 4.78 is 5.72. The SMILES string of the molecule is N#C/C(=N\Nc1ccccc1Oc1ccc(C(N)=O)cc1)C(=N)N. The molecule has 2 aromatic rings. The van der Waals surface area contributed by atoms with Gasteiger partial charge in [0.05, 0.1) is 5.69 Å². The van der Waals surface area contributed by atoms with Crippen LogP contribution in [-0.2, 0) is 0 Å². The highest BCUT2D eigenvalue weighted by molar-refractivity contribution is 6.45. The Hall–Kier alpha value is -3.86. The van der Waals surface area contributed by atoms with Crippen LogP contribution in [0.15, 0.2) is 53.6 Å². The summed E-state index contributed by atoms with van der Waals surface area (Å²) in [4.78, 5) is 11.1. The highest BCUT2D eigenvalue weighted by atomic mass is 16.5. The number of ether oxygens (including phenoxy) is 1. The third-order valence-electron chi connectivity index (χ3n) is 2.90. The van der Waals surface area contributed by atoms with Crippen LogP contribution in [0.25, 0.3) is 0 Å². The van der Waals surface area contributed by atoms with Crippen molar-refractivity contribution >= 4 is 23.1 Å². The van der Waals surface area contributed by atoms with Gasteiger partial charge in [-0.25, -0.2) is 0 Å². The number of para-hydroxylation sites is 2. The molecule has 2 aromatic carbocycles. The van der Waals surface area contributed by atoms with Gasteiger partial charge in [0.15, 0.2) is 11.6 Å². The van der Waals surface area contributed by atoms with Crippen molar-refractivity contribution in [3.8, 4) is 17.6 Å². The van der Waals surface area contributed by atoms with Crippen molar-refractivity contribution in [3.05, 3.63) is 54.1 Å². The van der Waals surface area contributed by atoms with E-state index in [-0.39, 0.29) is 5.71 Å². The Morgan fingerprint density at radius 1 is 1.17 bits per heavy atom. The summed E-state index contributed by atoms with van der Waals surface area (Å²) in [6.45, 7) is 0. The number of nitrogens with two attached hydrogens (primary N) is 2. The second-order valence-corrected chi connectivity index (χ2v) is 4.58. The number of hydrazone groups is 1. The van der Waals surface area contributed by atoms with Crippen LogP contribution in [0.2, 0.25) is 0 Å². The molecule has 0 spiro atoms. The van der Waals surface area contributed by atoms with Crippen molar-refractivity contribution in [1.82, 2.24) is 0 Å². The van der Waals surface area contributed by atoms with Crippen LogP contribution in [0.5, 0.6) is 11.5 Å². The van der Waals surface area contributed by atoms with E-state index in [9.17, 15) is 4.79 Å². The summed E-state index contributed by atoms with van der Waals surface area (Å²) in [6, 6.07) is 14.9. The second kappa shape index (κ2) is 7.42. The lowest BCUT2D eigenvalue weighted by molar-refractivity contribution is 0.100. The van der Waals surface area contributed by atoms with Crippen LogP contribution in [0.1, 0.15) is 10.4 Å². The Morgan fingerprint density at radius 3 is 2.42 bits per heavy atom. The molecule has 8 heteroatoms. The van der Waals surface area contributed by atoms with Gasteiger partial charge in [0.25, 0.3) is 0 Å². The van der Waals surface area contributed by atoms with Crippen LogP contribution in [0.4, 0.5) is 5.69 Å². The third-order valence-corrected chi connectivity index (χ3v) is 2.90. The third kappa shape index (κ3) is 4.08. The molecule has 8 nitrogen and oxygen atoms in total. The number of primary amides is 1. The molecule has 0 aromatic heterocycles. The maximum absolute atomic E-state index is 11.1. The highest BCUT2D eigenvalue weighted by Crippen LogP contribution is 2.29. The first kappa shape index (κ1) is 16.5. The number of carbonyl (C=O) groups excluding carboxylic acids is 1. The Morgan fingerprint density at radius 2 is 1.83 bits per heavy atom. The maximum Gasteiger partial charge on any atom is 0.248 e. The lowest BCUT2D eigenvalue weighted by Gasteiger charge is -2.11. The molecule has 0 aliphatic rings. The predicted molar refractivity (Wildman–Crippen MR) is 90.1 cm³/mol. The topological polar surface area (TPSA) is 150 Å². The number of hydrogen-bond donors (Lipinski definition) is 4. The molecule has 24 heavy (non-hydrogen) atoms. The summed E-state index contributed by atoms with van der Waals surface area (Å²) in [7, 11) is 0. The maximum atomic E-state index is 11.1. The molecular formula is C16H14N6O2. The molecular weight excluding hydrogens is 308 g/mol. The van der Waals surface area contributed by atoms with Crippen molar-refractivity contribution in [3.63, 3.8) is 0 Å². The number of nitrogens with one attached hydrogen (secondary N) is 2. The smallest absolute Gasteiger partial charge is 0.248 e. The number of nitriles is 1. The van der Waals surface area contributed by atoms with Gasteiger partial charge < -0.3 is 16.2 Å². The van der Waals surface area contributed by atoms with E-state index in [4.69, 9.17) is 26.9 Å². The normalized spacial score (nSPS) is 10.5. The van der Waals surface area contributed by atoms with E-state index in [1.165, 1.54) is 0 Å². The summed E-state index contributed by atoms with van der Waals surface area (Å²) in [5.74, 6) is -0.0316. The van der Waals surface area contributed by atoms with Crippen molar-refractivity contribution in [1.29, 1.82) is 10.7 Å². The molecule has 0 bridgehead atoms. The molecule has 0 aliphatic heterocycles. The number of amidine groups is 1. The average Bonchev–Trinajstić information content (AvgIpc) is 2.57. The van der Waals surface area contributed by atoms with Crippen molar-refractivity contribution in [2.45, 2.75) is 0 Å². The summed E-state index contributed by atoms with van der Waals surface area (Å²) in [5.41, 5.74) is 13.7. The van der Waals surface area contributed by atoms with E-state index in [1.807, 2.05) is 0 Å². The number of amides is 1. The second-order valence-electron chi connectivity index (χ2n) is 4.58. The minimum Gasteiger partial charge on any atom is -0.455 e. The molecule has 1 amide bonds. The van der Waals surface area contributed by atoms with Gasteiger partial charge in [0, 0.05) is 5.56 Å². The first-order valence-corrected chi connectivity index (χ1v) is 6.76. The van der Waals surface area contributed by atoms with Gasteiger partial charge in [-0.15, -0.1) is 0 Å². The van der Waals surface area contributed by atoms with Crippen LogP contribution >= 0.6 is 0 Å². The van der Waals surface area contributed by atoms with Crippen LogP contribution in [0, 0.1) is 16.7 Å². The molecule has 0 atom stereocenters. The lowest BCUT2D eigenvalue weighted by Crippen LogP contribution is -2.21. The number of hydrogen-bond acceptors (Lipinski definition) is 6. The molecule has 0 heterocycles. The molecule has 0 fully saturated rings. The minimum atomic E-state index is -0.522. The van der Waals surface area contributed by atoms with Gasteiger partial charge in [-0.1, -0.05) is 12.1 Å². The Labute approximate surface area is 137 Å². The number of carbonyl (C=O) groups is 1. The lowest BCUT2D eigenvalue weighted by atomic mass is 10.2. The average molecular weight is 322 g/mol. The van der Waals surface area contributed by atoms with E-state index in [2.05, 4.69) is 10.5 Å². The Balaban J connectivity index is 2.21. The molecule has 2 rings (SSSR count). The zero-order valence-electron chi connectivity index (χ0n) is 12.5. The molecule has 120 valence electrons. The number of nitrogens with zero attached hydrogens (tertiary/aromatic N) is 2. The zero-order valence-corrected chi connectivity index (χ0v) is 12.5. The largest absolute Gasteiger partial charge is 0.455 e. The van der Waals surface area contributed by atoms with E-state index < -0.39 is 11.7 Å². The van der Waals surface area contributed by atoms with Crippen molar-refractivity contribution < 1.29 is 9.53 Å². The Kier molecular flexibility index (Phi) is 5.10. The first-order valence-electron chi connectivity index (χ1n) is 6.76. The quantitative estimate of drug-likeness (QED) is 0.363. The van der Waals surface area contributed by atoms with E-state index in [0.29, 0.717) is 22.7 Å². The van der Waals surface area contributed by atoms with Crippen LogP contribution < -0.4 is 21.6 Å². The Bertz CT molecular complexity index is 836. The number of anilines is 1. The minimum absolute atomic E-state index is 0.240. The molecule has 0 saturated carbocycles. The highest BCUT2D eigenvalue weighted by Gasteiger charge is 2.07. The number of benzene rings is 2. The fourth-order valence-corrected chi connectivity index (χ4v) is 1.72. The van der Waals surface area contributed by atoms with Crippen molar-refractivity contribution in [2.24, 2.45) is 16.6 Å². The molecule has 0 aliphatic carbocycles. The fourth-order valence-electron chi connectivity index (χ4n) is 1.72. The van der Waals surface area contributed by atoms with Gasteiger partial charge in [-0.2, -0.15) is 10.4 Å². The van der Waals surface area contributed by atoms with Gasteiger partial charge in [0.1, 0.15) is 11.8 Å². The zero-order chi connectivity index (χ0) is 17.5. The van der Waals surface area contributed by atoms with Gasteiger partial charge in [-0.3, -0.25) is 15.6 Å². The summed E-state index contributed by atoms with van der Waals surface area (Å²) >= 11 is 0. The summed E-state index contributed by atoms with van der Waals surface area (Å²) in [5, 5.41) is 19.8. The fraction of sp³-hybridized carbons (Fsp3) is 0. The van der Waals surface area contributed by atoms with E-state index in [0.717, 1.165) is 0 Å². The van der Waals surface area contributed by atoms with Gasteiger partial charge in [-0.05, 0) is 36.4 Å². The van der Waals surface area contributed by atoms with Gasteiger partial charge >= 0.3 is 0 Å². The molecule has 0 saturated heterocycles.